The van der Waals surface area contributed by atoms with Gasteiger partial charge in [-0.3, -0.25) is 9.59 Å². The topological polar surface area (TPSA) is 63.1 Å². The van der Waals surface area contributed by atoms with Crippen molar-refractivity contribution in [2.75, 3.05) is 44.3 Å². The SMILES string of the molecule is CC(=O)N[C@@H]1C(=O)N(CC[NH+]2CCOCC2)c2ccc(C)cc21. The van der Waals surface area contributed by atoms with Crippen LogP contribution in [0, 0.1) is 6.92 Å². The predicted molar refractivity (Wildman–Crippen MR) is 86.5 cm³/mol. The van der Waals surface area contributed by atoms with Crippen molar-refractivity contribution in [3.8, 4) is 0 Å². The Balaban J connectivity index is 1.77. The van der Waals surface area contributed by atoms with Gasteiger partial charge in [-0.2, -0.15) is 0 Å². The first kappa shape index (κ1) is 16.0. The lowest BCUT2D eigenvalue weighted by Crippen LogP contribution is -3.14. The maximum Gasteiger partial charge on any atom is 0.254 e. The molecular formula is C17H24N3O3+. The van der Waals surface area contributed by atoms with Crippen molar-refractivity contribution in [2.45, 2.75) is 19.9 Å². The molecule has 3 rings (SSSR count). The molecule has 0 aromatic heterocycles. The molecule has 1 fully saturated rings. The molecule has 0 unspecified atom stereocenters. The van der Waals surface area contributed by atoms with Crippen molar-refractivity contribution in [3.05, 3.63) is 29.3 Å². The first-order chi connectivity index (χ1) is 11.1. The minimum atomic E-state index is -0.554. The Labute approximate surface area is 136 Å². The summed E-state index contributed by atoms with van der Waals surface area (Å²) >= 11 is 0. The summed E-state index contributed by atoms with van der Waals surface area (Å²) in [6.07, 6.45) is 0. The molecule has 23 heavy (non-hydrogen) atoms. The Morgan fingerprint density at radius 3 is 2.83 bits per heavy atom. The number of amides is 2. The van der Waals surface area contributed by atoms with Crippen molar-refractivity contribution in [2.24, 2.45) is 0 Å². The van der Waals surface area contributed by atoms with Crippen LogP contribution in [0.5, 0.6) is 0 Å². The zero-order valence-corrected chi connectivity index (χ0v) is 13.7. The predicted octanol–water partition coefficient (Wildman–Crippen LogP) is -0.566. The molecular weight excluding hydrogens is 294 g/mol. The third-order valence-electron chi connectivity index (χ3n) is 4.53. The highest BCUT2D eigenvalue weighted by Crippen LogP contribution is 2.36. The first-order valence-electron chi connectivity index (χ1n) is 8.16. The number of quaternary nitrogens is 1. The van der Waals surface area contributed by atoms with E-state index in [9.17, 15) is 9.59 Å². The lowest BCUT2D eigenvalue weighted by molar-refractivity contribution is -0.906. The average Bonchev–Trinajstić information content (AvgIpc) is 2.78. The minimum absolute atomic E-state index is 0.0338. The zero-order valence-electron chi connectivity index (χ0n) is 13.7. The highest BCUT2D eigenvalue weighted by atomic mass is 16.5. The third kappa shape index (κ3) is 3.38. The summed E-state index contributed by atoms with van der Waals surface area (Å²) in [5.41, 5.74) is 2.92. The number of rotatable bonds is 4. The van der Waals surface area contributed by atoms with E-state index in [2.05, 4.69) is 5.32 Å². The van der Waals surface area contributed by atoms with Gasteiger partial charge < -0.3 is 19.9 Å². The number of anilines is 1. The second kappa shape index (κ2) is 6.68. The number of benzene rings is 1. The summed E-state index contributed by atoms with van der Waals surface area (Å²) in [6.45, 7) is 8.55. The van der Waals surface area contributed by atoms with Crippen LogP contribution in [0.15, 0.2) is 18.2 Å². The summed E-state index contributed by atoms with van der Waals surface area (Å²) < 4.78 is 5.37. The van der Waals surface area contributed by atoms with Crippen molar-refractivity contribution in [1.82, 2.24) is 5.32 Å². The molecule has 0 spiro atoms. The molecule has 2 amide bonds. The highest BCUT2D eigenvalue weighted by Gasteiger charge is 2.38. The van der Waals surface area contributed by atoms with Crippen molar-refractivity contribution < 1.29 is 19.2 Å². The van der Waals surface area contributed by atoms with Crippen LogP contribution < -0.4 is 15.1 Å². The number of morpholine rings is 1. The Hall–Kier alpha value is -1.92. The number of nitrogens with one attached hydrogen (secondary N) is 2. The fourth-order valence-electron chi connectivity index (χ4n) is 3.31. The standard InChI is InChI=1S/C17H23N3O3/c1-12-3-4-15-14(11-12)16(18-13(2)21)17(22)20(15)6-5-19-7-9-23-10-8-19/h3-4,11,16H,5-10H2,1-2H3,(H,18,21)/p+1/t16-/m0/s1. The first-order valence-corrected chi connectivity index (χ1v) is 8.16. The van der Waals surface area contributed by atoms with Gasteiger partial charge in [-0.25, -0.2) is 0 Å². The van der Waals surface area contributed by atoms with Crippen LogP contribution in [0.4, 0.5) is 5.69 Å². The van der Waals surface area contributed by atoms with Gasteiger partial charge in [0, 0.05) is 18.2 Å². The van der Waals surface area contributed by atoms with Gasteiger partial charge in [0.2, 0.25) is 5.91 Å². The van der Waals surface area contributed by atoms with Gasteiger partial charge in [-0.15, -0.1) is 0 Å². The summed E-state index contributed by atoms with van der Waals surface area (Å²) in [5.74, 6) is -0.218. The normalized spacial score (nSPS) is 21.4. The van der Waals surface area contributed by atoms with Gasteiger partial charge in [-0.1, -0.05) is 17.7 Å². The number of fused-ring (bicyclic) bond motifs is 1. The number of ether oxygens (including phenoxy) is 1. The van der Waals surface area contributed by atoms with E-state index in [-0.39, 0.29) is 11.8 Å². The number of aryl methyl sites for hydroxylation is 1. The number of hydrogen-bond donors (Lipinski definition) is 2. The van der Waals surface area contributed by atoms with E-state index in [1.165, 1.54) is 11.8 Å². The molecule has 1 atom stereocenters. The van der Waals surface area contributed by atoms with Crippen molar-refractivity contribution in [3.63, 3.8) is 0 Å². The van der Waals surface area contributed by atoms with Crippen molar-refractivity contribution in [1.29, 1.82) is 0 Å². The van der Waals surface area contributed by atoms with Crippen molar-refractivity contribution >= 4 is 17.5 Å². The summed E-state index contributed by atoms with van der Waals surface area (Å²) in [5, 5.41) is 2.79. The second-order valence-electron chi connectivity index (χ2n) is 6.30. The molecule has 0 saturated carbocycles. The molecule has 0 radical (unpaired) electrons. The number of hydrogen-bond acceptors (Lipinski definition) is 3. The van der Waals surface area contributed by atoms with E-state index in [0.29, 0.717) is 6.54 Å². The Morgan fingerprint density at radius 2 is 2.13 bits per heavy atom. The van der Waals surface area contributed by atoms with E-state index < -0.39 is 6.04 Å². The molecule has 2 N–H and O–H groups in total. The van der Waals surface area contributed by atoms with Crippen LogP contribution in [-0.2, 0) is 14.3 Å². The van der Waals surface area contributed by atoms with Gasteiger partial charge in [0.25, 0.3) is 5.91 Å². The van der Waals surface area contributed by atoms with E-state index in [4.69, 9.17) is 4.74 Å². The van der Waals surface area contributed by atoms with Crippen LogP contribution in [0.1, 0.15) is 24.1 Å². The minimum Gasteiger partial charge on any atom is -0.370 e. The second-order valence-corrected chi connectivity index (χ2v) is 6.30. The molecule has 0 bridgehead atoms. The molecule has 6 nitrogen and oxygen atoms in total. The smallest absolute Gasteiger partial charge is 0.254 e. The summed E-state index contributed by atoms with van der Waals surface area (Å²) in [6, 6.07) is 5.44. The summed E-state index contributed by atoms with van der Waals surface area (Å²) in [4.78, 5) is 27.5. The monoisotopic (exact) mass is 318 g/mol. The van der Waals surface area contributed by atoms with E-state index in [1.54, 1.807) is 0 Å². The number of nitrogens with zero attached hydrogens (tertiary/aromatic N) is 1. The van der Waals surface area contributed by atoms with Gasteiger partial charge in [0.05, 0.1) is 26.3 Å². The Morgan fingerprint density at radius 1 is 1.39 bits per heavy atom. The van der Waals surface area contributed by atoms with E-state index in [0.717, 1.165) is 49.7 Å². The highest BCUT2D eigenvalue weighted by molar-refractivity contribution is 6.06. The van der Waals surface area contributed by atoms with Gasteiger partial charge in [0.15, 0.2) is 0 Å². The molecule has 2 heterocycles. The molecule has 0 aliphatic carbocycles. The number of carbonyl (C=O) groups excluding carboxylic acids is 2. The third-order valence-corrected chi connectivity index (χ3v) is 4.53. The maximum atomic E-state index is 12.8. The maximum absolute atomic E-state index is 12.8. The molecule has 1 saturated heterocycles. The fraction of sp³-hybridized carbons (Fsp3) is 0.529. The van der Waals surface area contributed by atoms with Crippen LogP contribution in [-0.4, -0.2) is 51.2 Å². The zero-order chi connectivity index (χ0) is 16.4. The molecule has 2 aliphatic heterocycles. The van der Waals surface area contributed by atoms with Crippen LogP contribution >= 0.6 is 0 Å². The lowest BCUT2D eigenvalue weighted by Gasteiger charge is -2.26. The quantitative estimate of drug-likeness (QED) is 0.782. The number of carbonyl (C=O) groups is 2. The van der Waals surface area contributed by atoms with Crippen LogP contribution in [0.3, 0.4) is 0 Å². The van der Waals surface area contributed by atoms with Gasteiger partial charge in [-0.05, 0) is 13.0 Å². The molecule has 124 valence electrons. The van der Waals surface area contributed by atoms with Gasteiger partial charge in [0.1, 0.15) is 19.1 Å². The van der Waals surface area contributed by atoms with E-state index in [1.807, 2.05) is 30.0 Å². The van der Waals surface area contributed by atoms with Crippen LogP contribution in [0.2, 0.25) is 0 Å². The molecule has 2 aliphatic rings. The Bertz CT molecular complexity index is 611. The average molecular weight is 318 g/mol. The van der Waals surface area contributed by atoms with E-state index >= 15 is 0 Å². The van der Waals surface area contributed by atoms with Gasteiger partial charge >= 0.3 is 0 Å². The van der Waals surface area contributed by atoms with Crippen LogP contribution in [0.25, 0.3) is 0 Å². The Kier molecular flexibility index (Phi) is 4.63. The molecule has 6 heteroatoms. The molecule has 1 aromatic rings. The fourth-order valence-corrected chi connectivity index (χ4v) is 3.31. The summed E-state index contributed by atoms with van der Waals surface area (Å²) in [7, 11) is 0. The molecule has 1 aromatic carbocycles. The lowest BCUT2D eigenvalue weighted by atomic mass is 10.1. The largest absolute Gasteiger partial charge is 0.370 e.